The number of carbonyl (C=O) groups is 1. The predicted octanol–water partition coefficient (Wildman–Crippen LogP) is 2.30. The molecule has 0 saturated carbocycles. The SMILES string of the molecule is CCn1ccnc1CC(=O)c1snnc1C(C)C. The van der Waals surface area contributed by atoms with E-state index in [1.807, 2.05) is 31.5 Å². The van der Waals surface area contributed by atoms with Crippen molar-refractivity contribution in [1.82, 2.24) is 19.1 Å². The second-order valence-corrected chi connectivity index (χ2v) is 5.13. The third-order valence-corrected chi connectivity index (χ3v) is 3.56. The zero-order chi connectivity index (χ0) is 13.1. The van der Waals surface area contributed by atoms with Gasteiger partial charge in [0.25, 0.3) is 0 Å². The lowest BCUT2D eigenvalue weighted by Gasteiger charge is -2.05. The van der Waals surface area contributed by atoms with Crippen molar-refractivity contribution >= 4 is 17.3 Å². The largest absolute Gasteiger partial charge is 0.335 e. The number of ketones is 1. The van der Waals surface area contributed by atoms with Crippen LogP contribution in [0.1, 0.15) is 47.9 Å². The number of imidazole rings is 1. The zero-order valence-corrected chi connectivity index (χ0v) is 11.6. The van der Waals surface area contributed by atoms with E-state index in [0.717, 1.165) is 18.1 Å². The Morgan fingerprint density at radius 2 is 2.28 bits per heavy atom. The minimum Gasteiger partial charge on any atom is -0.335 e. The first kappa shape index (κ1) is 12.9. The van der Waals surface area contributed by atoms with Crippen molar-refractivity contribution in [3.8, 4) is 0 Å². The lowest BCUT2D eigenvalue weighted by atomic mass is 10.1. The molecule has 0 bridgehead atoms. The maximum Gasteiger partial charge on any atom is 0.183 e. The first-order valence-corrected chi connectivity index (χ1v) is 6.76. The molecule has 2 rings (SSSR count). The summed E-state index contributed by atoms with van der Waals surface area (Å²) in [5, 5.41) is 4.03. The Labute approximate surface area is 110 Å². The minimum absolute atomic E-state index is 0.0506. The second-order valence-electron chi connectivity index (χ2n) is 4.37. The number of Topliss-reactive ketones (excluding diaryl/α,β-unsaturated/α-hetero) is 1. The van der Waals surface area contributed by atoms with E-state index in [2.05, 4.69) is 14.6 Å². The molecule has 0 saturated heterocycles. The van der Waals surface area contributed by atoms with Crippen molar-refractivity contribution in [2.24, 2.45) is 0 Å². The second kappa shape index (κ2) is 5.39. The van der Waals surface area contributed by atoms with Crippen molar-refractivity contribution in [2.75, 3.05) is 0 Å². The van der Waals surface area contributed by atoms with E-state index in [4.69, 9.17) is 0 Å². The topological polar surface area (TPSA) is 60.7 Å². The Balaban J connectivity index is 2.20. The van der Waals surface area contributed by atoms with Crippen LogP contribution in [0.25, 0.3) is 0 Å². The summed E-state index contributed by atoms with van der Waals surface area (Å²) in [5.74, 6) is 1.06. The van der Waals surface area contributed by atoms with Crippen LogP contribution in [0.5, 0.6) is 0 Å². The van der Waals surface area contributed by atoms with Gasteiger partial charge in [-0.2, -0.15) is 0 Å². The molecule has 18 heavy (non-hydrogen) atoms. The molecule has 0 radical (unpaired) electrons. The highest BCUT2D eigenvalue weighted by Gasteiger charge is 2.20. The van der Waals surface area contributed by atoms with Crippen LogP contribution < -0.4 is 0 Å². The summed E-state index contributed by atoms with van der Waals surface area (Å²) in [6, 6.07) is 0. The van der Waals surface area contributed by atoms with E-state index >= 15 is 0 Å². The van der Waals surface area contributed by atoms with Gasteiger partial charge in [0.05, 0.1) is 12.1 Å². The van der Waals surface area contributed by atoms with Crippen LogP contribution in [0.3, 0.4) is 0 Å². The van der Waals surface area contributed by atoms with E-state index < -0.39 is 0 Å². The molecule has 96 valence electrons. The Morgan fingerprint density at radius 1 is 1.50 bits per heavy atom. The molecular formula is C12H16N4OS. The lowest BCUT2D eigenvalue weighted by molar-refractivity contribution is 0.0992. The first-order valence-electron chi connectivity index (χ1n) is 5.99. The van der Waals surface area contributed by atoms with Crippen LogP contribution in [0.2, 0.25) is 0 Å². The minimum atomic E-state index is 0.0506. The Bertz CT molecular complexity index is 544. The molecule has 0 unspecified atom stereocenters. The molecule has 0 spiro atoms. The number of hydrogen-bond donors (Lipinski definition) is 0. The van der Waals surface area contributed by atoms with Gasteiger partial charge >= 0.3 is 0 Å². The third kappa shape index (κ3) is 2.48. The lowest BCUT2D eigenvalue weighted by Crippen LogP contribution is -2.10. The van der Waals surface area contributed by atoms with Crippen molar-refractivity contribution in [2.45, 2.75) is 39.7 Å². The number of aromatic nitrogens is 4. The molecule has 0 atom stereocenters. The smallest absolute Gasteiger partial charge is 0.183 e. The number of carbonyl (C=O) groups excluding carboxylic acids is 1. The average Bonchev–Trinajstić information content (AvgIpc) is 2.96. The van der Waals surface area contributed by atoms with Gasteiger partial charge in [-0.1, -0.05) is 18.3 Å². The van der Waals surface area contributed by atoms with Gasteiger partial charge in [-0.3, -0.25) is 4.79 Å². The molecule has 0 aromatic carbocycles. The fraction of sp³-hybridized carbons (Fsp3) is 0.500. The normalized spacial score (nSPS) is 11.1. The van der Waals surface area contributed by atoms with E-state index in [1.54, 1.807) is 6.20 Å². The fourth-order valence-corrected chi connectivity index (χ4v) is 2.54. The number of aryl methyl sites for hydroxylation is 1. The zero-order valence-electron chi connectivity index (χ0n) is 10.8. The molecule has 6 heteroatoms. The van der Waals surface area contributed by atoms with Gasteiger partial charge in [-0.05, 0) is 24.4 Å². The Kier molecular flexibility index (Phi) is 3.86. The van der Waals surface area contributed by atoms with Crippen molar-refractivity contribution in [1.29, 1.82) is 0 Å². The molecule has 0 fully saturated rings. The molecule has 2 aromatic heterocycles. The van der Waals surface area contributed by atoms with Crippen molar-refractivity contribution < 1.29 is 4.79 Å². The van der Waals surface area contributed by atoms with Gasteiger partial charge in [-0.25, -0.2) is 4.98 Å². The predicted molar refractivity (Wildman–Crippen MR) is 69.9 cm³/mol. The Hall–Kier alpha value is -1.56. The van der Waals surface area contributed by atoms with Crippen LogP contribution in [-0.4, -0.2) is 24.9 Å². The Morgan fingerprint density at radius 3 is 2.94 bits per heavy atom. The van der Waals surface area contributed by atoms with Crippen molar-refractivity contribution in [3.05, 3.63) is 28.8 Å². The molecular weight excluding hydrogens is 248 g/mol. The van der Waals surface area contributed by atoms with Crippen LogP contribution in [0.15, 0.2) is 12.4 Å². The maximum absolute atomic E-state index is 12.2. The summed E-state index contributed by atoms with van der Waals surface area (Å²) in [5.41, 5.74) is 0.791. The van der Waals surface area contributed by atoms with Gasteiger partial charge in [0.2, 0.25) is 0 Å². The molecule has 0 aliphatic rings. The first-order chi connectivity index (χ1) is 8.63. The van der Waals surface area contributed by atoms with Gasteiger partial charge in [0.15, 0.2) is 5.78 Å². The van der Waals surface area contributed by atoms with E-state index in [1.165, 1.54) is 11.5 Å². The van der Waals surface area contributed by atoms with Gasteiger partial charge < -0.3 is 4.57 Å². The average molecular weight is 264 g/mol. The summed E-state index contributed by atoms with van der Waals surface area (Å²) >= 11 is 1.17. The maximum atomic E-state index is 12.2. The summed E-state index contributed by atoms with van der Waals surface area (Å²) in [7, 11) is 0. The fourth-order valence-electron chi connectivity index (χ4n) is 1.79. The van der Waals surface area contributed by atoms with Gasteiger partial charge in [0, 0.05) is 18.9 Å². The number of hydrogen-bond acceptors (Lipinski definition) is 5. The van der Waals surface area contributed by atoms with E-state index in [0.29, 0.717) is 11.3 Å². The highest BCUT2D eigenvalue weighted by atomic mass is 32.1. The highest BCUT2D eigenvalue weighted by molar-refractivity contribution is 7.08. The molecule has 0 amide bonds. The molecule has 2 aromatic rings. The molecule has 0 N–H and O–H groups in total. The van der Waals surface area contributed by atoms with Crippen LogP contribution in [-0.2, 0) is 13.0 Å². The van der Waals surface area contributed by atoms with Crippen LogP contribution in [0.4, 0.5) is 0 Å². The summed E-state index contributed by atoms with van der Waals surface area (Å²) < 4.78 is 5.85. The summed E-state index contributed by atoms with van der Waals surface area (Å²) in [4.78, 5) is 17.1. The van der Waals surface area contributed by atoms with E-state index in [-0.39, 0.29) is 11.7 Å². The number of nitrogens with zero attached hydrogens (tertiary/aromatic N) is 4. The quantitative estimate of drug-likeness (QED) is 0.777. The van der Waals surface area contributed by atoms with Crippen LogP contribution >= 0.6 is 11.5 Å². The number of rotatable bonds is 5. The highest BCUT2D eigenvalue weighted by Crippen LogP contribution is 2.21. The van der Waals surface area contributed by atoms with Crippen molar-refractivity contribution in [3.63, 3.8) is 0 Å². The third-order valence-electron chi connectivity index (χ3n) is 2.77. The molecule has 0 aliphatic carbocycles. The summed E-state index contributed by atoms with van der Waals surface area (Å²) in [6.07, 6.45) is 3.92. The van der Waals surface area contributed by atoms with Gasteiger partial charge in [0.1, 0.15) is 10.7 Å². The molecule has 5 nitrogen and oxygen atoms in total. The molecule has 0 aliphatic heterocycles. The summed E-state index contributed by atoms with van der Waals surface area (Å²) in [6.45, 7) is 6.88. The standard InChI is InChI=1S/C12H16N4OS/c1-4-16-6-5-13-10(16)7-9(17)12-11(8(2)3)14-15-18-12/h5-6,8H,4,7H2,1-3H3. The monoisotopic (exact) mass is 264 g/mol. The van der Waals surface area contributed by atoms with Gasteiger partial charge in [-0.15, -0.1) is 5.10 Å². The van der Waals surface area contributed by atoms with Crippen LogP contribution in [0, 0.1) is 0 Å². The molecule has 2 heterocycles. The van der Waals surface area contributed by atoms with E-state index in [9.17, 15) is 4.79 Å².